The number of hydrogen-bond acceptors (Lipinski definition) is 5. The van der Waals surface area contributed by atoms with E-state index in [2.05, 4.69) is 17.0 Å². The van der Waals surface area contributed by atoms with Crippen LogP contribution in [-0.2, 0) is 20.2 Å². The van der Waals surface area contributed by atoms with Crippen molar-refractivity contribution >= 4 is 31.5 Å². The van der Waals surface area contributed by atoms with Gasteiger partial charge in [-0.3, -0.25) is 4.72 Å². The Labute approximate surface area is 178 Å². The Kier molecular flexibility index (Phi) is 7.17. The van der Waals surface area contributed by atoms with E-state index in [0.717, 1.165) is 31.4 Å². The Balaban J connectivity index is 1.75. The molecule has 1 saturated heterocycles. The maximum absolute atomic E-state index is 12.3. The zero-order valence-corrected chi connectivity index (χ0v) is 18.5. The maximum Gasteiger partial charge on any atom is 0.312 e. The second kappa shape index (κ2) is 9.63. The van der Waals surface area contributed by atoms with Gasteiger partial charge in [0.15, 0.2) is 0 Å². The molecule has 0 saturated carbocycles. The summed E-state index contributed by atoms with van der Waals surface area (Å²) in [5.74, 6) is 0. The molecule has 3 rings (SSSR count). The molecule has 0 aromatic heterocycles. The van der Waals surface area contributed by atoms with Gasteiger partial charge in [-0.05, 0) is 61.1 Å². The number of rotatable bonds is 7. The molecule has 1 aliphatic rings. The van der Waals surface area contributed by atoms with Gasteiger partial charge in [0, 0.05) is 17.9 Å². The zero-order valence-electron chi connectivity index (χ0n) is 16.9. The van der Waals surface area contributed by atoms with Gasteiger partial charge in [0.1, 0.15) is 0 Å². The molecule has 30 heavy (non-hydrogen) atoms. The average molecular weight is 450 g/mol. The second-order valence-electron chi connectivity index (χ2n) is 7.13. The molecule has 3 N–H and O–H groups in total. The minimum atomic E-state index is -4.32. The number of allylic oxidation sites excluding steroid dienone is 2. The van der Waals surface area contributed by atoms with E-state index in [9.17, 15) is 16.8 Å². The molecule has 0 amide bonds. The monoisotopic (exact) mass is 449 g/mol. The van der Waals surface area contributed by atoms with E-state index < -0.39 is 20.2 Å². The highest BCUT2D eigenvalue weighted by Crippen LogP contribution is 2.27. The highest BCUT2D eigenvalue weighted by Gasteiger charge is 2.22. The predicted octanol–water partition coefficient (Wildman–Crippen LogP) is 3.61. The van der Waals surface area contributed by atoms with Crippen LogP contribution in [0.3, 0.4) is 0 Å². The van der Waals surface area contributed by atoms with Crippen molar-refractivity contribution in [2.45, 2.75) is 43.9 Å². The summed E-state index contributed by atoms with van der Waals surface area (Å²) in [5.41, 5.74) is 3.77. The van der Waals surface area contributed by atoms with Crippen molar-refractivity contribution in [2.24, 2.45) is 0 Å². The summed E-state index contributed by atoms with van der Waals surface area (Å²) in [5, 5.41) is 3.52. The van der Waals surface area contributed by atoms with Crippen LogP contribution in [0.15, 0.2) is 65.2 Å². The van der Waals surface area contributed by atoms with E-state index in [1.165, 1.54) is 48.4 Å². The van der Waals surface area contributed by atoms with Crippen molar-refractivity contribution in [1.82, 2.24) is 9.44 Å². The molecule has 0 radical (unpaired) electrons. The lowest BCUT2D eigenvalue weighted by atomic mass is 9.99. The molecule has 1 aliphatic heterocycles. The van der Waals surface area contributed by atoms with Crippen molar-refractivity contribution in [1.29, 1.82) is 0 Å². The molecule has 0 bridgehead atoms. The molecule has 0 aliphatic carbocycles. The number of benzene rings is 2. The van der Waals surface area contributed by atoms with Crippen molar-refractivity contribution in [3.05, 3.63) is 65.9 Å². The fraction of sp³-hybridized carbons (Fsp3) is 0.333. The Bertz CT molecular complexity index is 1080. The minimum absolute atomic E-state index is 0.124. The van der Waals surface area contributed by atoms with Crippen LogP contribution in [0.2, 0.25) is 0 Å². The maximum atomic E-state index is 12.3. The fourth-order valence-corrected chi connectivity index (χ4v) is 6.16. The summed E-state index contributed by atoms with van der Waals surface area (Å²) < 4.78 is 53.2. The molecule has 0 atom stereocenters. The van der Waals surface area contributed by atoms with Gasteiger partial charge in [-0.15, -0.1) is 0 Å². The van der Waals surface area contributed by atoms with Gasteiger partial charge < -0.3 is 5.32 Å². The Morgan fingerprint density at radius 2 is 1.63 bits per heavy atom. The quantitative estimate of drug-likeness (QED) is 0.599. The zero-order chi connectivity index (χ0) is 21.6. The van der Waals surface area contributed by atoms with Crippen molar-refractivity contribution in [3.8, 4) is 0 Å². The topological polar surface area (TPSA) is 104 Å². The van der Waals surface area contributed by atoms with Crippen molar-refractivity contribution in [2.75, 3.05) is 11.3 Å². The number of sulfonamides is 1. The summed E-state index contributed by atoms with van der Waals surface area (Å²) in [7, 11) is -8.51. The van der Waals surface area contributed by atoms with Crippen LogP contribution in [0, 0.1) is 0 Å². The smallest absolute Gasteiger partial charge is 0.312 e. The van der Waals surface area contributed by atoms with Gasteiger partial charge in [0.25, 0.3) is 10.0 Å². The first-order valence-electron chi connectivity index (χ1n) is 9.98. The Morgan fingerprint density at radius 3 is 2.30 bits per heavy atom. The van der Waals surface area contributed by atoms with Crippen LogP contribution in [0.25, 0.3) is 5.57 Å². The predicted molar refractivity (Wildman–Crippen MR) is 119 cm³/mol. The summed E-state index contributed by atoms with van der Waals surface area (Å²) >= 11 is 0. The van der Waals surface area contributed by atoms with Crippen LogP contribution in [0.4, 0.5) is 5.69 Å². The molecule has 2 aromatic rings. The van der Waals surface area contributed by atoms with Crippen LogP contribution in [0.5, 0.6) is 0 Å². The molecule has 0 unspecified atom stereocenters. The number of hydrogen-bond donors (Lipinski definition) is 3. The van der Waals surface area contributed by atoms with E-state index in [1.807, 2.05) is 12.1 Å². The van der Waals surface area contributed by atoms with E-state index >= 15 is 0 Å². The standard InChI is InChI=1S/C21H27N3O4S2/c1-2-20(21-11-7-4-8-16-22-21)17-12-14-18(15-13-17)23-30(27,28)24-29(25,26)19-9-5-3-6-10-19/h3,5-6,9-10,12-15,22-24H,2,4,7-8,11,16H2,1H3/b21-20+. The molecule has 0 spiro atoms. The van der Waals surface area contributed by atoms with E-state index in [0.29, 0.717) is 0 Å². The molecule has 9 heteroatoms. The normalized spacial score (nSPS) is 17.0. The third-order valence-electron chi connectivity index (χ3n) is 4.92. The largest absolute Gasteiger partial charge is 0.388 e. The number of nitrogens with one attached hydrogen (secondary N) is 3. The lowest BCUT2D eigenvalue weighted by Gasteiger charge is -2.15. The van der Waals surface area contributed by atoms with Crippen LogP contribution in [-0.4, -0.2) is 23.4 Å². The lowest BCUT2D eigenvalue weighted by Crippen LogP contribution is -2.35. The molecular weight excluding hydrogens is 422 g/mol. The first kappa shape index (κ1) is 22.3. The summed E-state index contributed by atoms with van der Waals surface area (Å²) in [6.45, 7) is 3.07. The van der Waals surface area contributed by atoms with Gasteiger partial charge >= 0.3 is 10.2 Å². The first-order valence-corrected chi connectivity index (χ1v) is 12.9. The summed E-state index contributed by atoms with van der Waals surface area (Å²) in [6.07, 6.45) is 5.42. The molecule has 1 fully saturated rings. The lowest BCUT2D eigenvalue weighted by molar-refractivity contribution is 0.580. The summed E-state index contributed by atoms with van der Waals surface area (Å²) in [4.78, 5) is -0.124. The minimum Gasteiger partial charge on any atom is -0.388 e. The van der Waals surface area contributed by atoms with Gasteiger partial charge in [0.05, 0.1) is 4.90 Å². The molecular formula is C21H27N3O4S2. The second-order valence-corrected chi connectivity index (χ2v) is 10.5. The molecule has 7 nitrogen and oxygen atoms in total. The van der Waals surface area contributed by atoms with Crippen LogP contribution < -0.4 is 14.2 Å². The van der Waals surface area contributed by atoms with E-state index in [-0.39, 0.29) is 10.6 Å². The highest BCUT2D eigenvalue weighted by molar-refractivity contribution is 8.05. The third-order valence-corrected chi connectivity index (χ3v) is 8.07. The van der Waals surface area contributed by atoms with Crippen molar-refractivity contribution in [3.63, 3.8) is 0 Å². The van der Waals surface area contributed by atoms with Crippen LogP contribution in [0.1, 0.15) is 44.6 Å². The van der Waals surface area contributed by atoms with Crippen LogP contribution >= 0.6 is 0 Å². The van der Waals surface area contributed by atoms with E-state index in [4.69, 9.17) is 0 Å². The Morgan fingerprint density at radius 1 is 0.933 bits per heavy atom. The van der Waals surface area contributed by atoms with Crippen molar-refractivity contribution < 1.29 is 16.8 Å². The van der Waals surface area contributed by atoms with Gasteiger partial charge in [-0.2, -0.15) is 8.42 Å². The summed E-state index contributed by atoms with van der Waals surface area (Å²) in [6, 6.07) is 14.3. The SMILES string of the molecule is CC/C(=C1/CCCCCN1)c1ccc(NS(=O)(=O)NS(=O)(=O)c2ccccc2)cc1. The highest BCUT2D eigenvalue weighted by atomic mass is 32.3. The Hall–Kier alpha value is -2.36. The molecule has 2 aromatic carbocycles. The first-order chi connectivity index (χ1) is 14.3. The molecule has 162 valence electrons. The van der Waals surface area contributed by atoms with Gasteiger partial charge in [-0.1, -0.05) is 47.8 Å². The average Bonchev–Trinajstić information content (AvgIpc) is 2.99. The number of anilines is 1. The third kappa shape index (κ3) is 5.84. The van der Waals surface area contributed by atoms with E-state index in [1.54, 1.807) is 22.3 Å². The van der Waals surface area contributed by atoms with Gasteiger partial charge in [-0.25, -0.2) is 8.42 Å². The van der Waals surface area contributed by atoms with Gasteiger partial charge in [0.2, 0.25) is 0 Å². The fourth-order valence-electron chi connectivity index (χ4n) is 3.49. The molecule has 1 heterocycles.